The Morgan fingerprint density at radius 2 is 2.00 bits per heavy atom. The van der Waals surface area contributed by atoms with Gasteiger partial charge in [-0.05, 0) is 31.2 Å². The van der Waals surface area contributed by atoms with Crippen molar-refractivity contribution in [1.29, 1.82) is 0 Å². The average molecular weight is 286 g/mol. The lowest BCUT2D eigenvalue weighted by atomic mass is 10.0. The molecule has 4 nitrogen and oxygen atoms in total. The highest BCUT2D eigenvalue weighted by Crippen LogP contribution is 2.22. The summed E-state index contributed by atoms with van der Waals surface area (Å²) in [6, 6.07) is 10.4. The summed E-state index contributed by atoms with van der Waals surface area (Å²) in [5.74, 6) is -0.0916. The highest BCUT2D eigenvalue weighted by atomic mass is 16.4. The lowest BCUT2D eigenvalue weighted by molar-refractivity contribution is -0.141. The van der Waals surface area contributed by atoms with Crippen molar-refractivity contribution in [3.8, 4) is 0 Å². The Morgan fingerprint density at radius 1 is 1.24 bits per heavy atom. The molecule has 0 saturated carbocycles. The Bertz CT molecular complexity index is 607. The number of carboxylic acid groups (broad SMARTS) is 1. The Hall–Kier alpha value is -2.10. The fraction of sp³-hybridized carbons (Fsp3) is 0.412. The topological polar surface area (TPSA) is 62.2 Å². The van der Waals surface area contributed by atoms with E-state index in [0.29, 0.717) is 6.42 Å². The molecule has 0 radical (unpaired) electrons. The zero-order chi connectivity index (χ0) is 15.2. The third kappa shape index (κ3) is 4.18. The number of rotatable bonds is 7. The highest BCUT2D eigenvalue weighted by molar-refractivity contribution is 5.91. The number of hydrogen-bond donors (Lipinski definition) is 2. The first kappa shape index (κ1) is 15.3. The van der Waals surface area contributed by atoms with E-state index in [9.17, 15) is 4.79 Å². The first-order valence-electron chi connectivity index (χ1n) is 7.41. The molecule has 0 aliphatic carbocycles. The Kier molecular flexibility index (Phi) is 5.14. The Labute approximate surface area is 125 Å². The van der Waals surface area contributed by atoms with Crippen molar-refractivity contribution in [2.24, 2.45) is 5.92 Å². The van der Waals surface area contributed by atoms with Gasteiger partial charge in [0.05, 0.1) is 5.92 Å². The van der Waals surface area contributed by atoms with E-state index in [4.69, 9.17) is 5.11 Å². The van der Waals surface area contributed by atoms with Crippen molar-refractivity contribution < 1.29 is 9.90 Å². The summed E-state index contributed by atoms with van der Waals surface area (Å²) in [5, 5.41) is 14.6. The van der Waals surface area contributed by atoms with Crippen molar-refractivity contribution in [2.75, 3.05) is 5.32 Å². The molecule has 0 bridgehead atoms. The second-order valence-electron chi connectivity index (χ2n) is 5.60. The maximum absolute atomic E-state index is 10.8. The molecule has 0 saturated heterocycles. The zero-order valence-electron chi connectivity index (χ0n) is 12.5. The molecule has 2 unspecified atom stereocenters. The minimum absolute atomic E-state index is 0.268. The van der Waals surface area contributed by atoms with Crippen molar-refractivity contribution in [1.82, 2.24) is 4.98 Å². The van der Waals surface area contributed by atoms with Crippen LogP contribution in [0.4, 0.5) is 5.82 Å². The van der Waals surface area contributed by atoms with Crippen LogP contribution in [0.15, 0.2) is 36.5 Å². The minimum atomic E-state index is -0.716. The molecule has 2 rings (SSSR count). The Morgan fingerprint density at radius 3 is 2.76 bits per heavy atom. The quantitative estimate of drug-likeness (QED) is 0.809. The van der Waals surface area contributed by atoms with Gasteiger partial charge in [0.15, 0.2) is 0 Å². The van der Waals surface area contributed by atoms with E-state index in [2.05, 4.69) is 29.4 Å². The van der Waals surface area contributed by atoms with Crippen LogP contribution in [0, 0.1) is 5.92 Å². The number of pyridine rings is 1. The minimum Gasteiger partial charge on any atom is -0.481 e. The molecule has 4 heteroatoms. The van der Waals surface area contributed by atoms with Crippen LogP contribution in [0.1, 0.15) is 33.1 Å². The van der Waals surface area contributed by atoms with Crippen LogP contribution in [0.3, 0.4) is 0 Å². The summed E-state index contributed by atoms with van der Waals surface area (Å²) in [7, 11) is 0. The molecule has 112 valence electrons. The monoisotopic (exact) mass is 286 g/mol. The van der Waals surface area contributed by atoms with Crippen molar-refractivity contribution in [3.05, 3.63) is 36.5 Å². The van der Waals surface area contributed by atoms with Gasteiger partial charge in [-0.2, -0.15) is 0 Å². The summed E-state index contributed by atoms with van der Waals surface area (Å²) in [4.78, 5) is 15.2. The predicted molar refractivity (Wildman–Crippen MR) is 85.5 cm³/mol. The molecule has 0 aliphatic heterocycles. The fourth-order valence-electron chi connectivity index (χ4n) is 2.39. The molecule has 21 heavy (non-hydrogen) atoms. The first-order valence-corrected chi connectivity index (χ1v) is 7.41. The standard InChI is InChI=1S/C17H22N2O2/c1-12(17(20)21)6-5-7-13(2)19-16-15-9-4-3-8-14(15)10-11-18-16/h3-4,8-13H,5-7H2,1-2H3,(H,18,19)(H,20,21). The number of carbonyl (C=O) groups is 1. The number of aromatic nitrogens is 1. The number of aliphatic carboxylic acids is 1. The van der Waals surface area contributed by atoms with E-state index in [0.717, 1.165) is 24.0 Å². The number of benzene rings is 1. The second-order valence-corrected chi connectivity index (χ2v) is 5.60. The SMILES string of the molecule is CC(CCCC(C)C(=O)O)Nc1nccc2ccccc12. The third-order valence-corrected chi connectivity index (χ3v) is 3.75. The molecule has 2 N–H and O–H groups in total. The number of anilines is 1. The molecule has 1 aromatic heterocycles. The molecule has 0 spiro atoms. The molecule has 1 heterocycles. The van der Waals surface area contributed by atoms with Crippen LogP contribution in [-0.2, 0) is 4.79 Å². The Balaban J connectivity index is 1.92. The number of hydrogen-bond acceptors (Lipinski definition) is 3. The molecular formula is C17H22N2O2. The molecule has 2 atom stereocenters. The molecular weight excluding hydrogens is 264 g/mol. The van der Waals surface area contributed by atoms with Gasteiger partial charge < -0.3 is 10.4 Å². The predicted octanol–water partition coefficient (Wildman–Crippen LogP) is 3.93. The molecule has 0 fully saturated rings. The second kappa shape index (κ2) is 7.07. The highest BCUT2D eigenvalue weighted by Gasteiger charge is 2.12. The van der Waals surface area contributed by atoms with Crippen LogP contribution >= 0.6 is 0 Å². The zero-order valence-corrected chi connectivity index (χ0v) is 12.5. The van der Waals surface area contributed by atoms with Crippen LogP contribution in [0.25, 0.3) is 10.8 Å². The summed E-state index contributed by atoms with van der Waals surface area (Å²) in [6.45, 7) is 3.86. The average Bonchev–Trinajstić information content (AvgIpc) is 2.47. The number of nitrogens with one attached hydrogen (secondary N) is 1. The molecule has 1 aromatic carbocycles. The number of nitrogens with zero attached hydrogens (tertiary/aromatic N) is 1. The van der Waals surface area contributed by atoms with Gasteiger partial charge in [0, 0.05) is 17.6 Å². The third-order valence-electron chi connectivity index (χ3n) is 3.75. The lowest BCUT2D eigenvalue weighted by Crippen LogP contribution is -2.17. The smallest absolute Gasteiger partial charge is 0.306 e. The first-order chi connectivity index (χ1) is 10.1. The maximum atomic E-state index is 10.8. The van der Waals surface area contributed by atoms with Crippen molar-refractivity contribution in [3.63, 3.8) is 0 Å². The van der Waals surface area contributed by atoms with Gasteiger partial charge in [-0.15, -0.1) is 0 Å². The van der Waals surface area contributed by atoms with Crippen LogP contribution in [0.5, 0.6) is 0 Å². The van der Waals surface area contributed by atoms with Gasteiger partial charge in [-0.3, -0.25) is 4.79 Å². The normalized spacial score (nSPS) is 13.8. The van der Waals surface area contributed by atoms with Gasteiger partial charge in [0.2, 0.25) is 0 Å². The van der Waals surface area contributed by atoms with E-state index < -0.39 is 5.97 Å². The number of fused-ring (bicyclic) bond motifs is 1. The van der Waals surface area contributed by atoms with Gasteiger partial charge in [-0.25, -0.2) is 4.98 Å². The van der Waals surface area contributed by atoms with E-state index in [1.165, 1.54) is 5.39 Å². The maximum Gasteiger partial charge on any atom is 0.306 e. The van der Waals surface area contributed by atoms with Crippen LogP contribution < -0.4 is 5.32 Å². The fourth-order valence-corrected chi connectivity index (χ4v) is 2.39. The van der Waals surface area contributed by atoms with Crippen LogP contribution in [-0.4, -0.2) is 22.1 Å². The van der Waals surface area contributed by atoms with Gasteiger partial charge >= 0.3 is 5.97 Å². The molecule has 2 aromatic rings. The molecule has 0 amide bonds. The van der Waals surface area contributed by atoms with E-state index >= 15 is 0 Å². The number of carboxylic acids is 1. The summed E-state index contributed by atoms with van der Waals surface area (Å²) < 4.78 is 0. The van der Waals surface area contributed by atoms with Gasteiger partial charge in [0.25, 0.3) is 0 Å². The summed E-state index contributed by atoms with van der Waals surface area (Å²) in [6.07, 6.45) is 4.35. The molecule has 0 aliphatic rings. The van der Waals surface area contributed by atoms with Crippen LogP contribution in [0.2, 0.25) is 0 Å². The van der Waals surface area contributed by atoms with Gasteiger partial charge in [-0.1, -0.05) is 37.6 Å². The van der Waals surface area contributed by atoms with Crippen molar-refractivity contribution >= 4 is 22.6 Å². The lowest BCUT2D eigenvalue weighted by Gasteiger charge is -2.16. The van der Waals surface area contributed by atoms with E-state index in [1.807, 2.05) is 24.4 Å². The van der Waals surface area contributed by atoms with E-state index in [-0.39, 0.29) is 12.0 Å². The van der Waals surface area contributed by atoms with Gasteiger partial charge in [0.1, 0.15) is 5.82 Å². The summed E-state index contributed by atoms with van der Waals surface area (Å²) >= 11 is 0. The summed E-state index contributed by atoms with van der Waals surface area (Å²) in [5.41, 5.74) is 0. The van der Waals surface area contributed by atoms with Crippen molar-refractivity contribution in [2.45, 2.75) is 39.2 Å². The van der Waals surface area contributed by atoms with E-state index in [1.54, 1.807) is 6.92 Å². The largest absolute Gasteiger partial charge is 0.481 e.